The number of aromatic nitrogens is 2. The average Bonchev–Trinajstić information content (AvgIpc) is 2.70. The highest BCUT2D eigenvalue weighted by molar-refractivity contribution is 5.31. The highest BCUT2D eigenvalue weighted by Gasteiger charge is 2.20. The largest absolute Gasteiger partial charge is 0.379 e. The van der Waals surface area contributed by atoms with Crippen molar-refractivity contribution >= 4 is 5.69 Å². The van der Waals surface area contributed by atoms with Gasteiger partial charge in [-0.05, 0) is 13.8 Å². The summed E-state index contributed by atoms with van der Waals surface area (Å²) in [5, 5.41) is 14.8. The molecule has 1 fully saturated rings. The van der Waals surface area contributed by atoms with E-state index in [-0.39, 0.29) is 5.69 Å². The van der Waals surface area contributed by atoms with Crippen molar-refractivity contribution in [3.05, 3.63) is 22.0 Å². The molecular weight excluding hydrogens is 236 g/mol. The predicted octanol–water partition coefficient (Wildman–Crippen LogP) is 0.820. The first kappa shape index (κ1) is 13.0. The van der Waals surface area contributed by atoms with E-state index in [0.717, 1.165) is 26.3 Å². The van der Waals surface area contributed by atoms with Crippen LogP contribution in [-0.4, -0.2) is 51.9 Å². The van der Waals surface area contributed by atoms with E-state index >= 15 is 0 Å². The van der Waals surface area contributed by atoms with Crippen molar-refractivity contribution in [2.45, 2.75) is 26.4 Å². The number of morpholine rings is 1. The molecule has 1 aliphatic rings. The fourth-order valence-corrected chi connectivity index (χ4v) is 2.16. The van der Waals surface area contributed by atoms with Crippen LogP contribution in [0.5, 0.6) is 0 Å². The van der Waals surface area contributed by atoms with E-state index in [4.69, 9.17) is 4.74 Å². The molecule has 7 nitrogen and oxygen atoms in total. The van der Waals surface area contributed by atoms with Crippen LogP contribution in [-0.2, 0) is 11.3 Å². The first-order chi connectivity index (χ1) is 8.59. The highest BCUT2D eigenvalue weighted by atomic mass is 16.6. The molecule has 18 heavy (non-hydrogen) atoms. The standard InChI is InChI=1S/C11H18N4O3/c1-9-8-18-6-5-13(9)3-4-14-10(2)11(7-12-14)15(16)17/h7,9H,3-6,8H2,1-2H3. The summed E-state index contributed by atoms with van der Waals surface area (Å²) in [4.78, 5) is 12.6. The lowest BCUT2D eigenvalue weighted by Crippen LogP contribution is -2.45. The van der Waals surface area contributed by atoms with Crippen LogP contribution in [0.3, 0.4) is 0 Å². The molecule has 1 atom stereocenters. The Morgan fingerprint density at radius 3 is 3.00 bits per heavy atom. The van der Waals surface area contributed by atoms with Gasteiger partial charge in [0.25, 0.3) is 0 Å². The van der Waals surface area contributed by atoms with Crippen LogP contribution in [0.1, 0.15) is 12.6 Å². The van der Waals surface area contributed by atoms with Crippen LogP contribution in [0.15, 0.2) is 6.20 Å². The molecular formula is C11H18N4O3. The topological polar surface area (TPSA) is 73.4 Å². The molecule has 0 N–H and O–H groups in total. The van der Waals surface area contributed by atoms with Crippen LogP contribution in [0.2, 0.25) is 0 Å². The molecule has 1 aliphatic heterocycles. The van der Waals surface area contributed by atoms with Crippen molar-refractivity contribution in [1.29, 1.82) is 0 Å². The van der Waals surface area contributed by atoms with Gasteiger partial charge in [0.15, 0.2) is 0 Å². The van der Waals surface area contributed by atoms with Crippen molar-refractivity contribution in [3.8, 4) is 0 Å². The van der Waals surface area contributed by atoms with Crippen molar-refractivity contribution in [3.63, 3.8) is 0 Å². The van der Waals surface area contributed by atoms with Gasteiger partial charge in [-0.15, -0.1) is 0 Å². The monoisotopic (exact) mass is 254 g/mol. The van der Waals surface area contributed by atoms with E-state index in [2.05, 4.69) is 16.9 Å². The predicted molar refractivity (Wildman–Crippen MR) is 65.5 cm³/mol. The van der Waals surface area contributed by atoms with Gasteiger partial charge in [0.2, 0.25) is 0 Å². The lowest BCUT2D eigenvalue weighted by Gasteiger charge is -2.33. The van der Waals surface area contributed by atoms with Crippen LogP contribution in [0.25, 0.3) is 0 Å². The zero-order chi connectivity index (χ0) is 13.1. The lowest BCUT2D eigenvalue weighted by molar-refractivity contribution is -0.385. The van der Waals surface area contributed by atoms with Crippen molar-refractivity contribution in [2.75, 3.05) is 26.3 Å². The summed E-state index contributed by atoms with van der Waals surface area (Å²) >= 11 is 0. The quantitative estimate of drug-likeness (QED) is 0.587. The summed E-state index contributed by atoms with van der Waals surface area (Å²) in [5.41, 5.74) is 0.700. The Morgan fingerprint density at radius 1 is 1.61 bits per heavy atom. The molecule has 1 unspecified atom stereocenters. The van der Waals surface area contributed by atoms with Crippen LogP contribution < -0.4 is 0 Å². The second kappa shape index (κ2) is 5.45. The minimum atomic E-state index is -0.393. The summed E-state index contributed by atoms with van der Waals surface area (Å²) in [6.07, 6.45) is 1.32. The first-order valence-corrected chi connectivity index (χ1v) is 6.08. The molecule has 2 rings (SSSR count). The van der Waals surface area contributed by atoms with Crippen LogP contribution in [0, 0.1) is 17.0 Å². The fourth-order valence-electron chi connectivity index (χ4n) is 2.16. The Balaban J connectivity index is 1.95. The Morgan fingerprint density at radius 2 is 2.39 bits per heavy atom. The molecule has 0 saturated carbocycles. The maximum atomic E-state index is 10.7. The van der Waals surface area contributed by atoms with Gasteiger partial charge < -0.3 is 4.74 Å². The average molecular weight is 254 g/mol. The molecule has 0 aliphatic carbocycles. The Hall–Kier alpha value is -1.47. The number of hydrogen-bond donors (Lipinski definition) is 0. The minimum Gasteiger partial charge on any atom is -0.379 e. The summed E-state index contributed by atoms with van der Waals surface area (Å²) in [7, 11) is 0. The van der Waals surface area contributed by atoms with Gasteiger partial charge in [-0.2, -0.15) is 5.10 Å². The molecule has 0 aromatic carbocycles. The fraction of sp³-hybridized carbons (Fsp3) is 0.727. The van der Waals surface area contributed by atoms with Crippen LogP contribution >= 0.6 is 0 Å². The second-order valence-corrected chi connectivity index (χ2v) is 4.56. The van der Waals surface area contributed by atoms with Gasteiger partial charge in [0.05, 0.1) is 24.7 Å². The van der Waals surface area contributed by atoms with Crippen molar-refractivity contribution < 1.29 is 9.66 Å². The second-order valence-electron chi connectivity index (χ2n) is 4.56. The zero-order valence-electron chi connectivity index (χ0n) is 10.7. The molecule has 1 aromatic rings. The van der Waals surface area contributed by atoms with Crippen molar-refractivity contribution in [2.24, 2.45) is 0 Å². The Labute approximate surface area is 105 Å². The van der Waals surface area contributed by atoms with E-state index in [1.807, 2.05) is 0 Å². The summed E-state index contributed by atoms with van der Waals surface area (Å²) < 4.78 is 7.06. The number of rotatable bonds is 4. The highest BCUT2D eigenvalue weighted by Crippen LogP contribution is 2.16. The molecule has 0 bridgehead atoms. The van der Waals surface area contributed by atoms with E-state index in [1.165, 1.54) is 6.20 Å². The van der Waals surface area contributed by atoms with Gasteiger partial charge >= 0.3 is 5.69 Å². The number of hydrogen-bond acceptors (Lipinski definition) is 5. The Kier molecular flexibility index (Phi) is 3.93. The molecule has 100 valence electrons. The number of ether oxygens (including phenoxy) is 1. The minimum absolute atomic E-state index is 0.0880. The van der Waals surface area contributed by atoms with Gasteiger partial charge in [-0.3, -0.25) is 19.7 Å². The van der Waals surface area contributed by atoms with Gasteiger partial charge in [0.1, 0.15) is 11.9 Å². The maximum absolute atomic E-state index is 10.7. The van der Waals surface area contributed by atoms with Gasteiger partial charge in [-0.25, -0.2) is 0 Å². The summed E-state index contributed by atoms with van der Waals surface area (Å²) in [5.74, 6) is 0. The third kappa shape index (κ3) is 2.68. The van der Waals surface area contributed by atoms with E-state index in [0.29, 0.717) is 18.3 Å². The molecule has 0 spiro atoms. The molecule has 0 radical (unpaired) electrons. The SMILES string of the molecule is Cc1c([N+](=O)[O-])cnn1CCN1CCOCC1C. The summed E-state index contributed by atoms with van der Waals surface area (Å²) in [6, 6.07) is 0.393. The smallest absolute Gasteiger partial charge is 0.309 e. The van der Waals surface area contributed by atoms with Gasteiger partial charge in [-0.1, -0.05) is 0 Å². The van der Waals surface area contributed by atoms with E-state index in [9.17, 15) is 10.1 Å². The number of nitro groups is 1. The van der Waals surface area contributed by atoms with E-state index < -0.39 is 4.92 Å². The number of nitrogens with zero attached hydrogens (tertiary/aromatic N) is 4. The Bertz CT molecular complexity index is 432. The lowest BCUT2D eigenvalue weighted by atomic mass is 10.2. The normalized spacial score (nSPS) is 21.1. The maximum Gasteiger partial charge on any atom is 0.309 e. The molecule has 7 heteroatoms. The third-order valence-corrected chi connectivity index (χ3v) is 3.38. The van der Waals surface area contributed by atoms with Crippen LogP contribution in [0.4, 0.5) is 5.69 Å². The zero-order valence-corrected chi connectivity index (χ0v) is 10.7. The van der Waals surface area contributed by atoms with Gasteiger partial charge in [0, 0.05) is 19.1 Å². The molecule has 0 amide bonds. The third-order valence-electron chi connectivity index (χ3n) is 3.38. The van der Waals surface area contributed by atoms with E-state index in [1.54, 1.807) is 11.6 Å². The van der Waals surface area contributed by atoms with Crippen molar-refractivity contribution in [1.82, 2.24) is 14.7 Å². The molecule has 2 heterocycles. The first-order valence-electron chi connectivity index (χ1n) is 6.08. The molecule has 1 aromatic heterocycles. The summed E-state index contributed by atoms with van der Waals surface area (Å²) in [6.45, 7) is 7.77. The molecule has 1 saturated heterocycles.